The summed E-state index contributed by atoms with van der Waals surface area (Å²) in [6.07, 6.45) is -4.31. The monoisotopic (exact) mass is 601 g/mol. The topological polar surface area (TPSA) is 236 Å². The van der Waals surface area contributed by atoms with Crippen LogP contribution in [-0.4, -0.2) is 85.8 Å². The number of hydrogen-bond donors (Lipinski definition) is 6. The summed E-state index contributed by atoms with van der Waals surface area (Å²) in [5.74, 6) is -0.368. The zero-order valence-electron chi connectivity index (χ0n) is 22.7. The molecule has 0 bridgehead atoms. The van der Waals surface area contributed by atoms with Crippen LogP contribution in [0.2, 0.25) is 0 Å². The van der Waals surface area contributed by atoms with Crippen LogP contribution in [0.3, 0.4) is 0 Å². The molecule has 7 N–H and O–H groups in total. The third-order valence-electron chi connectivity index (χ3n) is 7.86. The van der Waals surface area contributed by atoms with E-state index < -0.39 is 41.4 Å². The largest absolute Gasteiger partial charge is 0.387 e. The molecule has 2 amide bonds. The molecule has 1 aliphatic carbocycles. The van der Waals surface area contributed by atoms with E-state index in [4.69, 9.17) is 10.6 Å². The molecule has 1 aliphatic heterocycles. The molecule has 5 heterocycles. The number of pyridine rings is 1. The van der Waals surface area contributed by atoms with E-state index in [2.05, 4.69) is 20.4 Å². The number of halogens is 1. The Bertz CT molecular complexity index is 1800. The van der Waals surface area contributed by atoms with Crippen molar-refractivity contribution in [3.63, 3.8) is 0 Å². The number of nitrogens with two attached hydrogens (primary N) is 1. The summed E-state index contributed by atoms with van der Waals surface area (Å²) in [7, 11) is 0. The van der Waals surface area contributed by atoms with Gasteiger partial charge in [0, 0.05) is 18.9 Å². The van der Waals surface area contributed by atoms with E-state index in [0.29, 0.717) is 22.9 Å². The lowest BCUT2D eigenvalue weighted by Gasteiger charge is -2.39. The van der Waals surface area contributed by atoms with Crippen molar-refractivity contribution >= 4 is 40.5 Å². The lowest BCUT2D eigenvalue weighted by atomic mass is 9.66. The van der Waals surface area contributed by atoms with Gasteiger partial charge in [-0.05, 0) is 25.5 Å². The van der Waals surface area contributed by atoms with E-state index in [-0.39, 0.29) is 60.2 Å². The van der Waals surface area contributed by atoms with E-state index in [9.17, 15) is 39.2 Å². The summed E-state index contributed by atoms with van der Waals surface area (Å²) in [6.45, 7) is 1.56. The van der Waals surface area contributed by atoms with Gasteiger partial charge in [-0.3, -0.25) is 19.0 Å². The van der Waals surface area contributed by atoms with Crippen LogP contribution < -0.4 is 16.7 Å². The molecule has 4 aromatic rings. The third kappa shape index (κ3) is 4.59. The highest BCUT2D eigenvalue weighted by Gasteiger charge is 2.54. The molecule has 18 heteroatoms. The van der Waals surface area contributed by atoms with Gasteiger partial charge in [-0.1, -0.05) is 0 Å². The van der Waals surface area contributed by atoms with Gasteiger partial charge in [-0.15, -0.1) is 5.10 Å². The predicted octanol–water partition coefficient (Wildman–Crippen LogP) is -1.23. The first kappa shape index (κ1) is 28.6. The van der Waals surface area contributed by atoms with Crippen LogP contribution >= 0.6 is 0 Å². The molecule has 228 valence electrons. The summed E-state index contributed by atoms with van der Waals surface area (Å²) >= 11 is 0. The maximum atomic E-state index is 14.0. The van der Waals surface area contributed by atoms with E-state index in [1.807, 2.05) is 0 Å². The number of primary amides is 1. The molecule has 4 aromatic heterocycles. The maximum Gasteiger partial charge on any atom is 0.377 e. The number of rotatable bonds is 8. The van der Waals surface area contributed by atoms with Crippen molar-refractivity contribution < 1.29 is 39.2 Å². The highest BCUT2D eigenvalue weighted by molar-refractivity contribution is 5.87. The van der Waals surface area contributed by atoms with Crippen LogP contribution in [0.25, 0.3) is 16.6 Å². The first-order valence-electron chi connectivity index (χ1n) is 13.3. The molecule has 2 unspecified atom stereocenters. The lowest BCUT2D eigenvalue weighted by molar-refractivity contribution is -0.374. The number of imidazole rings is 2. The molecule has 17 nitrogen and oxygen atoms in total. The number of fused-ring (bicyclic) bond motifs is 2. The number of hydrogen-bond acceptors (Lipinski definition) is 12. The Labute approximate surface area is 240 Å². The first-order chi connectivity index (χ1) is 20.3. The molecule has 2 fully saturated rings. The Morgan fingerprint density at radius 3 is 2.63 bits per heavy atom. The Kier molecular flexibility index (Phi) is 6.69. The van der Waals surface area contributed by atoms with Crippen molar-refractivity contribution in [2.24, 2.45) is 5.73 Å². The van der Waals surface area contributed by atoms with Crippen molar-refractivity contribution in [2.45, 2.75) is 56.0 Å². The summed E-state index contributed by atoms with van der Waals surface area (Å²) < 4.78 is 16.9. The average Bonchev–Trinajstić information content (AvgIpc) is 3.45. The number of amides is 2. The van der Waals surface area contributed by atoms with Crippen LogP contribution in [-0.2, 0) is 25.9 Å². The molecule has 0 radical (unpaired) electrons. The standard InChI is InChI=1S/C25H28FN9O8/c1-12(37)20-15-2-3-18(31-35(15)22(30-20)24(21(27)38)7-13(26)8-24)29-19-6-16-17(9-28-19)34(25(40,41)42)23(39)33(16)14-4-5-43-32(10-14)11-36/h2-3,6,9,11-14,37,40-42H,4-5,7-8,10H2,1H3,(H2,27,38)(H,28,29,31). The number of anilines is 2. The molecule has 1 saturated carbocycles. The van der Waals surface area contributed by atoms with E-state index in [1.165, 1.54) is 22.1 Å². The smallest absolute Gasteiger partial charge is 0.377 e. The number of alkyl halides is 1. The minimum atomic E-state index is -3.55. The minimum absolute atomic E-state index is 0.0303. The summed E-state index contributed by atoms with van der Waals surface area (Å²) in [4.78, 5) is 50.9. The number of aliphatic hydroxyl groups is 4. The van der Waals surface area contributed by atoms with Crippen LogP contribution in [0.5, 0.6) is 0 Å². The molecular weight excluding hydrogens is 573 g/mol. The molecular formula is C25H28FN9O8. The summed E-state index contributed by atoms with van der Waals surface area (Å²) in [5.41, 5.74) is 3.89. The zero-order chi connectivity index (χ0) is 30.8. The Morgan fingerprint density at radius 2 is 2.00 bits per heavy atom. The quantitative estimate of drug-likeness (QED) is 0.103. The molecule has 6 rings (SSSR count). The molecule has 0 aromatic carbocycles. The fourth-order valence-electron chi connectivity index (χ4n) is 5.77. The number of aromatic nitrogens is 6. The van der Waals surface area contributed by atoms with E-state index in [1.54, 1.807) is 12.1 Å². The Morgan fingerprint density at radius 1 is 1.26 bits per heavy atom. The van der Waals surface area contributed by atoms with Crippen LogP contribution in [0, 0.1) is 0 Å². The van der Waals surface area contributed by atoms with Crippen molar-refractivity contribution in [1.29, 1.82) is 0 Å². The molecule has 43 heavy (non-hydrogen) atoms. The predicted molar refractivity (Wildman–Crippen MR) is 143 cm³/mol. The van der Waals surface area contributed by atoms with Crippen LogP contribution in [0.4, 0.5) is 16.0 Å². The van der Waals surface area contributed by atoms with Gasteiger partial charge in [-0.25, -0.2) is 33.3 Å². The van der Waals surface area contributed by atoms with E-state index >= 15 is 0 Å². The molecule has 2 atom stereocenters. The van der Waals surface area contributed by atoms with Crippen molar-refractivity contribution in [1.82, 2.24) is 33.8 Å². The summed E-state index contributed by atoms with van der Waals surface area (Å²) in [5, 5.41) is 48.6. The van der Waals surface area contributed by atoms with Crippen LogP contribution in [0.15, 0.2) is 29.2 Å². The second kappa shape index (κ2) is 10.1. The fraction of sp³-hybridized carbons (Fsp3) is 0.440. The van der Waals surface area contributed by atoms with Gasteiger partial charge < -0.3 is 31.5 Å². The fourth-order valence-corrected chi connectivity index (χ4v) is 5.77. The van der Waals surface area contributed by atoms with Gasteiger partial charge in [0.05, 0.1) is 53.7 Å². The Balaban J connectivity index is 1.44. The maximum absolute atomic E-state index is 14.0. The highest BCUT2D eigenvalue weighted by Crippen LogP contribution is 2.45. The number of hydroxylamine groups is 2. The Hall–Kier alpha value is -4.49. The SMILES string of the molecule is CC(O)c1nc(C2(C(N)=O)CC(F)C2)n2nc(Nc3cc4c(cn3)n(C(O)(O)O)c(=O)n4C3CCON(C=O)C3)ccc12. The molecule has 1 saturated heterocycles. The van der Waals surface area contributed by atoms with Gasteiger partial charge in [0.25, 0.3) is 0 Å². The first-order valence-corrected chi connectivity index (χ1v) is 13.3. The van der Waals surface area contributed by atoms with Gasteiger partial charge in [0.1, 0.15) is 23.2 Å². The third-order valence-corrected chi connectivity index (χ3v) is 7.86. The van der Waals surface area contributed by atoms with Crippen LogP contribution in [0.1, 0.15) is 49.9 Å². The normalized spacial score (nSPS) is 23.3. The van der Waals surface area contributed by atoms with Crippen molar-refractivity contribution in [3.05, 3.63) is 46.4 Å². The van der Waals surface area contributed by atoms with Gasteiger partial charge in [0.15, 0.2) is 5.82 Å². The second-order valence-electron chi connectivity index (χ2n) is 10.7. The van der Waals surface area contributed by atoms with Gasteiger partial charge in [-0.2, -0.15) is 0 Å². The number of aliphatic hydroxyl groups excluding tert-OH is 1. The van der Waals surface area contributed by atoms with Crippen molar-refractivity contribution in [3.8, 4) is 0 Å². The zero-order valence-corrected chi connectivity index (χ0v) is 22.7. The molecule has 0 spiro atoms. The second-order valence-corrected chi connectivity index (χ2v) is 10.7. The number of carbonyl (C=O) groups is 2. The van der Waals surface area contributed by atoms with Gasteiger partial charge >= 0.3 is 11.8 Å². The van der Waals surface area contributed by atoms with Crippen molar-refractivity contribution in [2.75, 3.05) is 18.5 Å². The number of nitrogens with one attached hydrogen (secondary N) is 1. The van der Waals surface area contributed by atoms with E-state index in [0.717, 1.165) is 11.3 Å². The molecule has 2 aliphatic rings. The van der Waals surface area contributed by atoms with Gasteiger partial charge in [0.2, 0.25) is 12.3 Å². The number of carbonyl (C=O) groups excluding carboxylic acids is 2. The minimum Gasteiger partial charge on any atom is -0.387 e. The average molecular weight is 602 g/mol. The number of nitrogens with zero attached hydrogens (tertiary/aromatic N) is 7. The highest BCUT2D eigenvalue weighted by atomic mass is 19.1. The lowest BCUT2D eigenvalue weighted by Crippen LogP contribution is -2.53. The summed E-state index contributed by atoms with van der Waals surface area (Å²) in [6, 6.07) is 3.90.